The number of halogens is 4. The van der Waals surface area contributed by atoms with Crippen molar-refractivity contribution in [1.82, 2.24) is 0 Å². The summed E-state index contributed by atoms with van der Waals surface area (Å²) < 4.78 is 13.8. The minimum atomic E-state index is -0.536. The summed E-state index contributed by atoms with van der Waals surface area (Å²) >= 11 is 14.4. The third kappa shape index (κ3) is 2.59. The molecule has 76 valence electrons. The Hall–Kier alpha value is -0.320. The maximum Gasteiger partial charge on any atom is 0.150 e. The first-order valence-electron chi connectivity index (χ1n) is 3.58. The number of aliphatic imine (C=N–C) groups is 1. The standard InChI is InChI=1S/C8H6BrCl2FN2/c9-4-1-2-5(12)8(7(4)11)14-6(13)3-10/h1-2H,3H2,(H2,13,14). The van der Waals surface area contributed by atoms with Gasteiger partial charge in [-0.2, -0.15) is 0 Å². The maximum atomic E-state index is 13.2. The zero-order chi connectivity index (χ0) is 10.7. The zero-order valence-corrected chi connectivity index (χ0v) is 10.00. The molecule has 0 aliphatic carbocycles. The van der Waals surface area contributed by atoms with Crippen molar-refractivity contribution >= 4 is 50.7 Å². The van der Waals surface area contributed by atoms with Crippen LogP contribution in [0.2, 0.25) is 5.02 Å². The normalized spacial score (nSPS) is 11.9. The molecule has 0 atom stereocenters. The van der Waals surface area contributed by atoms with Crippen molar-refractivity contribution in [3.8, 4) is 0 Å². The van der Waals surface area contributed by atoms with Crippen LogP contribution in [-0.2, 0) is 0 Å². The van der Waals surface area contributed by atoms with Crippen LogP contribution in [-0.4, -0.2) is 11.7 Å². The second-order valence-corrected chi connectivity index (χ2v) is 3.93. The largest absolute Gasteiger partial charge is 0.386 e. The van der Waals surface area contributed by atoms with Crippen LogP contribution in [0.15, 0.2) is 21.6 Å². The van der Waals surface area contributed by atoms with Gasteiger partial charge in [0.1, 0.15) is 17.3 Å². The minimum absolute atomic E-state index is 0.000748. The molecule has 2 N–H and O–H groups in total. The first kappa shape index (κ1) is 11.8. The molecule has 14 heavy (non-hydrogen) atoms. The molecule has 0 bridgehead atoms. The lowest BCUT2D eigenvalue weighted by Gasteiger charge is -2.03. The van der Waals surface area contributed by atoms with E-state index in [1.54, 1.807) is 0 Å². The highest BCUT2D eigenvalue weighted by atomic mass is 79.9. The lowest BCUT2D eigenvalue weighted by atomic mass is 10.3. The summed E-state index contributed by atoms with van der Waals surface area (Å²) in [5.74, 6) is -0.390. The third-order valence-electron chi connectivity index (χ3n) is 1.41. The Morgan fingerprint density at radius 3 is 2.79 bits per heavy atom. The van der Waals surface area contributed by atoms with Crippen molar-refractivity contribution in [2.75, 3.05) is 5.88 Å². The summed E-state index contributed by atoms with van der Waals surface area (Å²) in [4.78, 5) is 3.76. The summed E-state index contributed by atoms with van der Waals surface area (Å²) in [6.45, 7) is 0. The van der Waals surface area contributed by atoms with Crippen LogP contribution in [0.3, 0.4) is 0 Å². The van der Waals surface area contributed by atoms with Gasteiger partial charge < -0.3 is 5.73 Å². The number of nitrogens with two attached hydrogens (primary N) is 1. The molecule has 0 saturated heterocycles. The molecular formula is C8H6BrCl2FN2. The van der Waals surface area contributed by atoms with E-state index in [2.05, 4.69) is 20.9 Å². The number of amidine groups is 1. The molecule has 0 aliphatic rings. The lowest BCUT2D eigenvalue weighted by Crippen LogP contribution is -2.12. The first-order chi connectivity index (χ1) is 6.56. The Kier molecular flexibility index (Phi) is 4.16. The molecule has 1 aromatic carbocycles. The number of rotatable bonds is 2. The average Bonchev–Trinajstić information content (AvgIpc) is 2.18. The fourth-order valence-electron chi connectivity index (χ4n) is 0.792. The Balaban J connectivity index is 3.26. The van der Waals surface area contributed by atoms with Gasteiger partial charge in [-0.15, -0.1) is 11.6 Å². The van der Waals surface area contributed by atoms with E-state index in [-0.39, 0.29) is 22.4 Å². The fraction of sp³-hybridized carbons (Fsp3) is 0.125. The van der Waals surface area contributed by atoms with Gasteiger partial charge in [-0.3, -0.25) is 0 Å². The molecule has 0 aliphatic heterocycles. The highest BCUT2D eigenvalue weighted by Crippen LogP contribution is 2.34. The molecule has 0 spiro atoms. The van der Waals surface area contributed by atoms with Gasteiger partial charge in [0.25, 0.3) is 0 Å². The van der Waals surface area contributed by atoms with E-state index in [4.69, 9.17) is 28.9 Å². The highest BCUT2D eigenvalue weighted by molar-refractivity contribution is 9.10. The topological polar surface area (TPSA) is 38.4 Å². The van der Waals surface area contributed by atoms with E-state index in [0.717, 1.165) is 0 Å². The van der Waals surface area contributed by atoms with Gasteiger partial charge in [0.2, 0.25) is 0 Å². The SMILES string of the molecule is NC(CCl)=Nc1c(F)ccc(Br)c1Cl. The van der Waals surface area contributed by atoms with Crippen molar-refractivity contribution in [2.45, 2.75) is 0 Å². The number of nitrogens with zero attached hydrogens (tertiary/aromatic N) is 1. The predicted molar refractivity (Wildman–Crippen MR) is 61.1 cm³/mol. The van der Waals surface area contributed by atoms with Gasteiger partial charge in [-0.25, -0.2) is 9.38 Å². The molecule has 0 saturated carbocycles. The third-order valence-corrected chi connectivity index (χ3v) is 2.96. The molecule has 6 heteroatoms. The summed E-state index contributed by atoms with van der Waals surface area (Å²) in [5, 5.41) is 0.179. The Bertz CT molecular complexity index is 382. The summed E-state index contributed by atoms with van der Waals surface area (Å²) in [6, 6.07) is 2.74. The molecule has 0 heterocycles. The number of alkyl halides is 1. The molecule has 0 amide bonds. The summed E-state index contributed by atoms with van der Waals surface area (Å²) in [7, 11) is 0. The molecule has 1 aromatic rings. The van der Waals surface area contributed by atoms with Gasteiger partial charge in [0, 0.05) is 4.47 Å². The van der Waals surface area contributed by atoms with Crippen LogP contribution < -0.4 is 5.73 Å². The number of hydrogen-bond acceptors (Lipinski definition) is 1. The van der Waals surface area contributed by atoms with E-state index in [0.29, 0.717) is 4.47 Å². The van der Waals surface area contributed by atoms with Gasteiger partial charge in [0.05, 0.1) is 10.9 Å². The highest BCUT2D eigenvalue weighted by Gasteiger charge is 2.09. The molecule has 0 fully saturated rings. The smallest absolute Gasteiger partial charge is 0.150 e. The van der Waals surface area contributed by atoms with Crippen molar-refractivity contribution in [1.29, 1.82) is 0 Å². The number of hydrogen-bond donors (Lipinski definition) is 1. The second-order valence-electron chi connectivity index (χ2n) is 2.43. The molecule has 2 nitrogen and oxygen atoms in total. The Labute approximate surface area is 99.0 Å². The van der Waals surface area contributed by atoms with Crippen LogP contribution in [0.5, 0.6) is 0 Å². The van der Waals surface area contributed by atoms with Crippen molar-refractivity contribution < 1.29 is 4.39 Å². The average molecular weight is 300 g/mol. The van der Waals surface area contributed by atoms with Gasteiger partial charge >= 0.3 is 0 Å². The van der Waals surface area contributed by atoms with Crippen molar-refractivity contribution in [2.24, 2.45) is 10.7 Å². The van der Waals surface area contributed by atoms with Crippen LogP contribution in [0.4, 0.5) is 10.1 Å². The number of benzene rings is 1. The lowest BCUT2D eigenvalue weighted by molar-refractivity contribution is 0.629. The van der Waals surface area contributed by atoms with Crippen LogP contribution in [0, 0.1) is 5.82 Å². The van der Waals surface area contributed by atoms with Crippen molar-refractivity contribution in [3.63, 3.8) is 0 Å². The minimum Gasteiger partial charge on any atom is -0.386 e. The first-order valence-corrected chi connectivity index (χ1v) is 5.29. The van der Waals surface area contributed by atoms with Crippen LogP contribution in [0.25, 0.3) is 0 Å². The molecule has 1 rings (SSSR count). The molecular weight excluding hydrogens is 294 g/mol. The fourth-order valence-corrected chi connectivity index (χ4v) is 1.37. The second kappa shape index (κ2) is 4.96. The van der Waals surface area contributed by atoms with E-state index in [1.165, 1.54) is 12.1 Å². The van der Waals surface area contributed by atoms with Gasteiger partial charge in [-0.05, 0) is 28.1 Å². The zero-order valence-electron chi connectivity index (χ0n) is 6.90. The van der Waals surface area contributed by atoms with Crippen LogP contribution >= 0.6 is 39.1 Å². The predicted octanol–water partition coefficient (Wildman–Crippen LogP) is 3.47. The Morgan fingerprint density at radius 1 is 1.57 bits per heavy atom. The molecule has 0 aromatic heterocycles. The van der Waals surface area contributed by atoms with Crippen molar-refractivity contribution in [3.05, 3.63) is 27.4 Å². The van der Waals surface area contributed by atoms with E-state index >= 15 is 0 Å². The quantitative estimate of drug-likeness (QED) is 0.386. The Morgan fingerprint density at radius 2 is 2.21 bits per heavy atom. The summed E-state index contributed by atoms with van der Waals surface area (Å²) in [6.07, 6.45) is 0. The molecule has 0 radical (unpaired) electrons. The summed E-state index contributed by atoms with van der Waals surface area (Å²) in [5.41, 5.74) is 5.37. The van der Waals surface area contributed by atoms with E-state index in [9.17, 15) is 4.39 Å². The van der Waals surface area contributed by atoms with E-state index < -0.39 is 5.82 Å². The monoisotopic (exact) mass is 298 g/mol. The van der Waals surface area contributed by atoms with Gasteiger partial charge in [-0.1, -0.05) is 11.6 Å². The van der Waals surface area contributed by atoms with Crippen LogP contribution in [0.1, 0.15) is 0 Å². The van der Waals surface area contributed by atoms with E-state index in [1.807, 2.05) is 0 Å². The molecule has 0 unspecified atom stereocenters. The van der Waals surface area contributed by atoms with Gasteiger partial charge in [0.15, 0.2) is 0 Å². The maximum absolute atomic E-state index is 13.2.